The molecule has 1 aliphatic heterocycles. The summed E-state index contributed by atoms with van der Waals surface area (Å²) in [6, 6.07) is 9.42. The Labute approximate surface area is 178 Å². The lowest BCUT2D eigenvalue weighted by Gasteiger charge is -2.25. The van der Waals surface area contributed by atoms with Gasteiger partial charge < -0.3 is 14.4 Å². The second kappa shape index (κ2) is 7.52. The maximum Gasteiger partial charge on any atom is 0.290 e. The van der Waals surface area contributed by atoms with Crippen molar-refractivity contribution in [3.8, 4) is 0 Å². The Morgan fingerprint density at radius 1 is 1.11 bits per heavy atom. The lowest BCUT2D eigenvalue weighted by Crippen LogP contribution is -2.31. The predicted octanol–water partition coefficient (Wildman–Crippen LogP) is 4.79. The monoisotopic (exact) mass is 481 g/mol. The second-order valence-electron chi connectivity index (χ2n) is 6.47. The normalized spacial score (nSPS) is 16.1. The minimum absolute atomic E-state index is 0.0221. The highest BCUT2D eigenvalue weighted by Gasteiger charge is 2.42. The molecule has 28 heavy (non-hydrogen) atoms. The molecule has 4 rings (SSSR count). The van der Waals surface area contributed by atoms with Crippen LogP contribution in [0.25, 0.3) is 11.0 Å². The molecule has 2 heterocycles. The van der Waals surface area contributed by atoms with Gasteiger partial charge in [-0.1, -0.05) is 45.2 Å². The Bertz CT molecular complexity index is 1160. The number of aliphatic hydroxyl groups excluding tert-OH is 1. The molecule has 0 saturated carbocycles. The van der Waals surface area contributed by atoms with Crippen molar-refractivity contribution in [1.82, 2.24) is 4.90 Å². The highest BCUT2D eigenvalue weighted by molar-refractivity contribution is 9.10. The van der Waals surface area contributed by atoms with Crippen molar-refractivity contribution in [2.24, 2.45) is 0 Å². The fraction of sp³-hybridized carbons (Fsp3) is 0.200. The van der Waals surface area contributed by atoms with Gasteiger partial charge >= 0.3 is 0 Å². The maximum atomic E-state index is 13.3. The van der Waals surface area contributed by atoms with E-state index in [1.165, 1.54) is 4.90 Å². The van der Waals surface area contributed by atoms with Crippen molar-refractivity contribution < 1.29 is 14.3 Å². The molecule has 1 amide bonds. The van der Waals surface area contributed by atoms with Crippen LogP contribution < -0.4 is 5.43 Å². The molecule has 1 unspecified atom stereocenters. The molecular weight excluding hydrogens is 469 g/mol. The molecule has 2 aromatic carbocycles. The zero-order valence-corrected chi connectivity index (χ0v) is 17.5. The minimum Gasteiger partial charge on any atom is -0.450 e. The molecule has 0 aliphatic carbocycles. The van der Waals surface area contributed by atoms with Gasteiger partial charge in [0.2, 0.25) is 5.76 Å². The van der Waals surface area contributed by atoms with Crippen molar-refractivity contribution in [3.63, 3.8) is 0 Å². The number of amides is 1. The van der Waals surface area contributed by atoms with E-state index in [0.717, 1.165) is 4.47 Å². The molecule has 8 heteroatoms. The first-order valence-electron chi connectivity index (χ1n) is 8.55. The summed E-state index contributed by atoms with van der Waals surface area (Å²) in [7, 11) is 0. The average molecular weight is 483 g/mol. The third kappa shape index (κ3) is 3.14. The second-order valence-corrected chi connectivity index (χ2v) is 8.20. The number of nitrogens with zero attached hydrogens (tertiary/aromatic N) is 1. The lowest BCUT2D eigenvalue weighted by atomic mass is 9.98. The van der Waals surface area contributed by atoms with Crippen LogP contribution in [0, 0.1) is 0 Å². The van der Waals surface area contributed by atoms with E-state index in [-0.39, 0.29) is 35.8 Å². The van der Waals surface area contributed by atoms with Gasteiger partial charge in [0.15, 0.2) is 5.43 Å². The molecule has 1 atom stereocenters. The minimum atomic E-state index is -0.663. The van der Waals surface area contributed by atoms with Gasteiger partial charge in [-0.25, -0.2) is 0 Å². The summed E-state index contributed by atoms with van der Waals surface area (Å²) >= 11 is 15.6. The molecule has 0 radical (unpaired) electrons. The Kier molecular flexibility index (Phi) is 5.22. The van der Waals surface area contributed by atoms with Crippen LogP contribution in [0.3, 0.4) is 0 Å². The summed E-state index contributed by atoms with van der Waals surface area (Å²) in [4.78, 5) is 27.9. The van der Waals surface area contributed by atoms with Crippen LogP contribution in [0.5, 0.6) is 0 Å². The van der Waals surface area contributed by atoms with Gasteiger partial charge in [0.05, 0.1) is 27.0 Å². The van der Waals surface area contributed by atoms with E-state index in [0.29, 0.717) is 33.0 Å². The summed E-state index contributed by atoms with van der Waals surface area (Å²) in [5.41, 5.74) is 0.999. The van der Waals surface area contributed by atoms with Crippen molar-refractivity contribution >= 4 is 56.0 Å². The van der Waals surface area contributed by atoms with E-state index in [1.807, 2.05) is 0 Å². The zero-order chi connectivity index (χ0) is 20.0. The number of aliphatic hydroxyl groups is 1. The number of carbonyl (C=O) groups is 1. The van der Waals surface area contributed by atoms with Gasteiger partial charge in [0.1, 0.15) is 5.58 Å². The average Bonchev–Trinajstić information content (AvgIpc) is 2.95. The Hall–Kier alpha value is -1.86. The fourth-order valence-corrected chi connectivity index (χ4v) is 4.16. The van der Waals surface area contributed by atoms with Crippen LogP contribution in [0.4, 0.5) is 0 Å². The summed E-state index contributed by atoms with van der Waals surface area (Å²) in [6.07, 6.45) is 0.372. The molecule has 0 saturated heterocycles. The molecule has 0 fully saturated rings. The fourth-order valence-electron chi connectivity index (χ4n) is 3.49. The molecular formula is C20H14BrCl2NO4. The van der Waals surface area contributed by atoms with Crippen molar-refractivity contribution in [2.45, 2.75) is 12.5 Å². The largest absolute Gasteiger partial charge is 0.450 e. The first-order chi connectivity index (χ1) is 13.4. The van der Waals surface area contributed by atoms with E-state index < -0.39 is 6.04 Å². The molecule has 5 nitrogen and oxygen atoms in total. The van der Waals surface area contributed by atoms with Crippen molar-refractivity contribution in [2.75, 3.05) is 13.2 Å². The first kappa shape index (κ1) is 19.5. The van der Waals surface area contributed by atoms with Gasteiger partial charge in [-0.05, 0) is 42.3 Å². The van der Waals surface area contributed by atoms with Crippen LogP contribution in [0.2, 0.25) is 10.0 Å². The Morgan fingerprint density at radius 2 is 1.89 bits per heavy atom. The van der Waals surface area contributed by atoms with Gasteiger partial charge in [-0.2, -0.15) is 0 Å². The highest BCUT2D eigenvalue weighted by Crippen LogP contribution is 2.40. The zero-order valence-electron chi connectivity index (χ0n) is 14.4. The number of fused-ring (bicyclic) bond motifs is 2. The van der Waals surface area contributed by atoms with Gasteiger partial charge in [-0.3, -0.25) is 9.59 Å². The standard InChI is InChI=1S/C20H14BrCl2NO4/c21-11-3-5-15-12(9-11)18(26)16-17(10-2-4-13(22)14(23)8-10)24(6-1-7-25)20(27)19(16)28-15/h2-5,8-9,17,25H,1,6-7H2. The van der Waals surface area contributed by atoms with Crippen LogP contribution in [0.1, 0.15) is 34.1 Å². The number of hydrogen-bond acceptors (Lipinski definition) is 4. The number of benzene rings is 2. The van der Waals surface area contributed by atoms with E-state index in [4.69, 9.17) is 27.6 Å². The summed E-state index contributed by atoms with van der Waals surface area (Å²) in [6.45, 7) is 0.189. The molecule has 3 aromatic rings. The van der Waals surface area contributed by atoms with Crippen LogP contribution >= 0.6 is 39.1 Å². The Morgan fingerprint density at radius 3 is 2.61 bits per heavy atom. The SMILES string of the molecule is O=C1c2oc3ccc(Br)cc3c(=O)c2C(c2ccc(Cl)c(Cl)c2)N1CCCO. The van der Waals surface area contributed by atoms with E-state index in [2.05, 4.69) is 15.9 Å². The quantitative estimate of drug-likeness (QED) is 0.580. The van der Waals surface area contributed by atoms with Crippen molar-refractivity contribution in [3.05, 3.63) is 78.0 Å². The van der Waals surface area contributed by atoms with Crippen LogP contribution in [0.15, 0.2) is 50.1 Å². The summed E-state index contributed by atoms with van der Waals surface area (Å²) in [5.74, 6) is -0.365. The lowest BCUT2D eigenvalue weighted by molar-refractivity contribution is 0.0716. The molecule has 1 N–H and O–H groups in total. The van der Waals surface area contributed by atoms with E-state index in [1.54, 1.807) is 36.4 Å². The number of rotatable bonds is 4. The first-order valence-corrected chi connectivity index (χ1v) is 10.1. The number of halogens is 3. The topological polar surface area (TPSA) is 70.8 Å². The summed E-state index contributed by atoms with van der Waals surface area (Å²) in [5, 5.41) is 10.3. The third-order valence-electron chi connectivity index (χ3n) is 4.74. The molecule has 0 bridgehead atoms. The van der Waals surface area contributed by atoms with Crippen LogP contribution in [-0.4, -0.2) is 29.1 Å². The van der Waals surface area contributed by atoms with Gasteiger partial charge in [-0.15, -0.1) is 0 Å². The van der Waals surface area contributed by atoms with Crippen molar-refractivity contribution in [1.29, 1.82) is 0 Å². The molecule has 0 spiro atoms. The molecule has 1 aromatic heterocycles. The van der Waals surface area contributed by atoms with Gasteiger partial charge in [0.25, 0.3) is 5.91 Å². The third-order valence-corrected chi connectivity index (χ3v) is 5.98. The summed E-state index contributed by atoms with van der Waals surface area (Å²) < 4.78 is 6.57. The number of carbonyl (C=O) groups excluding carboxylic acids is 1. The van der Waals surface area contributed by atoms with Crippen LogP contribution in [-0.2, 0) is 0 Å². The molecule has 144 valence electrons. The van der Waals surface area contributed by atoms with E-state index in [9.17, 15) is 14.7 Å². The van der Waals surface area contributed by atoms with E-state index >= 15 is 0 Å². The maximum absolute atomic E-state index is 13.3. The molecule has 1 aliphatic rings. The highest BCUT2D eigenvalue weighted by atomic mass is 79.9. The number of hydrogen-bond donors (Lipinski definition) is 1. The Balaban J connectivity index is 1.98. The van der Waals surface area contributed by atoms with Gasteiger partial charge in [0, 0.05) is 17.6 Å². The predicted molar refractivity (Wildman–Crippen MR) is 111 cm³/mol. The smallest absolute Gasteiger partial charge is 0.290 e.